The zero-order valence-electron chi connectivity index (χ0n) is 26.7. The Labute approximate surface area is 277 Å². The third kappa shape index (κ3) is 9.05. The van der Waals surface area contributed by atoms with Gasteiger partial charge in [-0.1, -0.05) is 42.5 Å². The van der Waals surface area contributed by atoms with Crippen LogP contribution in [0.2, 0.25) is 0 Å². The molecule has 0 aliphatic carbocycles. The van der Waals surface area contributed by atoms with E-state index >= 15 is 0 Å². The van der Waals surface area contributed by atoms with Gasteiger partial charge in [0.25, 0.3) is 0 Å². The molecule has 1 saturated heterocycles. The second-order valence-electron chi connectivity index (χ2n) is 11.8. The van der Waals surface area contributed by atoms with Crippen molar-refractivity contribution in [2.24, 2.45) is 0 Å². The highest BCUT2D eigenvalue weighted by atomic mass is 79.9. The molecule has 4 rings (SSSR count). The maximum atomic E-state index is 14.4. The minimum atomic E-state index is -1.01. The fourth-order valence-corrected chi connectivity index (χ4v) is 6.53. The highest BCUT2D eigenvalue weighted by Crippen LogP contribution is 2.36. The van der Waals surface area contributed by atoms with Gasteiger partial charge in [0, 0.05) is 45.7 Å². The number of nitrogens with zero attached hydrogens (tertiary/aromatic N) is 4. The van der Waals surface area contributed by atoms with Gasteiger partial charge in [-0.25, -0.2) is 9.78 Å². The van der Waals surface area contributed by atoms with E-state index in [1.807, 2.05) is 74.2 Å². The fraction of sp³-hybridized carbons (Fsp3) is 0.455. The molecule has 1 aromatic heterocycles. The second-order valence-corrected chi connectivity index (χ2v) is 14.0. The molecule has 0 radical (unpaired) electrons. The smallest absolute Gasteiger partial charge is 0.410 e. The zero-order chi connectivity index (χ0) is 32.7. The van der Waals surface area contributed by atoms with Crippen LogP contribution in [0.25, 0.3) is 0 Å². The summed E-state index contributed by atoms with van der Waals surface area (Å²) in [6.07, 6.45) is -0.199. The van der Waals surface area contributed by atoms with Gasteiger partial charge in [-0.05, 0) is 72.1 Å². The van der Waals surface area contributed by atoms with Crippen molar-refractivity contribution in [3.8, 4) is 11.5 Å². The second kappa shape index (κ2) is 15.2. The van der Waals surface area contributed by atoms with Crippen LogP contribution in [0.3, 0.4) is 0 Å². The maximum Gasteiger partial charge on any atom is 0.410 e. The number of methoxy groups -OCH3 is 2. The molecular weight excluding hydrogens is 660 g/mol. The summed E-state index contributed by atoms with van der Waals surface area (Å²) in [4.78, 5) is 50.6. The first-order valence-electron chi connectivity index (χ1n) is 14.9. The SMILES string of the molecule is CCC(=O)C(C(=O)c1nc(Br)sc1N(Cc1ccc(OC)cc1)Cc1ccc(OC)cc1)N1CCN(C(=O)OC(C)(C)C)CC1. The molecule has 2 aromatic carbocycles. The fourth-order valence-electron chi connectivity index (χ4n) is 5.09. The summed E-state index contributed by atoms with van der Waals surface area (Å²) in [5.74, 6) is 0.978. The lowest BCUT2D eigenvalue weighted by atomic mass is 10.00. The van der Waals surface area contributed by atoms with Crippen molar-refractivity contribution in [3.05, 3.63) is 69.3 Å². The van der Waals surface area contributed by atoms with Crippen LogP contribution >= 0.6 is 27.3 Å². The summed E-state index contributed by atoms with van der Waals surface area (Å²) < 4.78 is 16.8. The Bertz CT molecular complexity index is 1410. The van der Waals surface area contributed by atoms with Gasteiger partial charge >= 0.3 is 6.09 Å². The van der Waals surface area contributed by atoms with Crippen LogP contribution in [-0.4, -0.2) is 84.5 Å². The van der Waals surface area contributed by atoms with Crippen LogP contribution in [0, 0.1) is 0 Å². The molecule has 0 bridgehead atoms. The molecule has 2 heterocycles. The summed E-state index contributed by atoms with van der Waals surface area (Å²) in [5, 5.41) is 0.666. The van der Waals surface area contributed by atoms with Gasteiger partial charge in [-0.2, -0.15) is 0 Å². The molecule has 45 heavy (non-hydrogen) atoms. The van der Waals surface area contributed by atoms with E-state index in [2.05, 4.69) is 25.8 Å². The van der Waals surface area contributed by atoms with Crippen molar-refractivity contribution in [1.82, 2.24) is 14.8 Å². The van der Waals surface area contributed by atoms with E-state index < -0.39 is 17.7 Å². The zero-order valence-corrected chi connectivity index (χ0v) is 29.1. The number of amides is 1. The van der Waals surface area contributed by atoms with Crippen molar-refractivity contribution in [3.63, 3.8) is 0 Å². The van der Waals surface area contributed by atoms with Crippen molar-refractivity contribution in [2.45, 2.75) is 58.8 Å². The molecule has 0 saturated carbocycles. The molecule has 0 spiro atoms. The molecular formula is C33H41BrN4O6S. The van der Waals surface area contributed by atoms with Gasteiger partial charge in [0.15, 0.2) is 9.70 Å². The summed E-state index contributed by atoms with van der Waals surface area (Å²) in [5.41, 5.74) is 1.68. The first-order valence-corrected chi connectivity index (χ1v) is 16.5. The Morgan fingerprint density at radius 1 is 0.911 bits per heavy atom. The number of anilines is 1. The van der Waals surface area contributed by atoms with Crippen molar-refractivity contribution < 1.29 is 28.6 Å². The monoisotopic (exact) mass is 700 g/mol. The van der Waals surface area contributed by atoms with Gasteiger partial charge < -0.3 is 24.0 Å². The van der Waals surface area contributed by atoms with E-state index in [9.17, 15) is 14.4 Å². The highest BCUT2D eigenvalue weighted by Gasteiger charge is 2.38. The molecule has 1 fully saturated rings. The lowest BCUT2D eigenvalue weighted by Crippen LogP contribution is -2.57. The number of carbonyl (C=O) groups is 3. The van der Waals surface area contributed by atoms with Gasteiger partial charge in [0.1, 0.15) is 33.8 Å². The largest absolute Gasteiger partial charge is 0.497 e. The van der Waals surface area contributed by atoms with Crippen LogP contribution in [0.15, 0.2) is 52.4 Å². The van der Waals surface area contributed by atoms with E-state index in [0.29, 0.717) is 48.2 Å². The Morgan fingerprint density at radius 2 is 1.42 bits per heavy atom. The molecule has 1 unspecified atom stereocenters. The van der Waals surface area contributed by atoms with Crippen LogP contribution in [0.1, 0.15) is 55.7 Å². The molecule has 1 amide bonds. The average Bonchev–Trinajstić information content (AvgIpc) is 3.42. The van der Waals surface area contributed by atoms with Gasteiger partial charge in [0.2, 0.25) is 5.78 Å². The van der Waals surface area contributed by atoms with Crippen molar-refractivity contribution >= 4 is 49.9 Å². The molecule has 12 heteroatoms. The molecule has 1 aliphatic rings. The van der Waals surface area contributed by atoms with Crippen molar-refractivity contribution in [2.75, 3.05) is 45.3 Å². The highest BCUT2D eigenvalue weighted by molar-refractivity contribution is 9.11. The summed E-state index contributed by atoms with van der Waals surface area (Å²) >= 11 is 4.87. The number of aromatic nitrogens is 1. The average molecular weight is 702 g/mol. The molecule has 10 nitrogen and oxygen atoms in total. The van der Waals surface area contributed by atoms with Gasteiger partial charge in [0.05, 0.1) is 14.2 Å². The summed E-state index contributed by atoms with van der Waals surface area (Å²) in [6, 6.07) is 14.6. The van der Waals surface area contributed by atoms with Gasteiger partial charge in [-0.3, -0.25) is 14.5 Å². The Kier molecular flexibility index (Phi) is 11.6. The van der Waals surface area contributed by atoms with Crippen LogP contribution in [0.4, 0.5) is 9.80 Å². The Hall–Kier alpha value is -3.48. The maximum absolute atomic E-state index is 14.4. The minimum absolute atomic E-state index is 0.183. The molecule has 1 atom stereocenters. The van der Waals surface area contributed by atoms with E-state index in [-0.39, 0.29) is 23.7 Å². The lowest BCUT2D eigenvalue weighted by Gasteiger charge is -2.38. The van der Waals surface area contributed by atoms with E-state index in [1.54, 1.807) is 26.0 Å². The number of thiazole rings is 1. The Morgan fingerprint density at radius 3 is 1.87 bits per heavy atom. The first-order chi connectivity index (χ1) is 21.4. The number of ether oxygens (including phenoxy) is 3. The number of hydrogen-bond acceptors (Lipinski definition) is 10. The van der Waals surface area contributed by atoms with Gasteiger partial charge in [-0.15, -0.1) is 0 Å². The predicted octanol–water partition coefficient (Wildman–Crippen LogP) is 6.21. The normalized spacial score (nSPS) is 14.5. The van der Waals surface area contributed by atoms with Crippen LogP contribution in [-0.2, 0) is 22.6 Å². The topological polar surface area (TPSA) is 102 Å². The summed E-state index contributed by atoms with van der Waals surface area (Å²) in [7, 11) is 3.26. The molecule has 0 N–H and O–H groups in total. The summed E-state index contributed by atoms with van der Waals surface area (Å²) in [6.45, 7) is 9.65. The Balaban J connectivity index is 1.63. The van der Waals surface area contributed by atoms with Crippen molar-refractivity contribution in [1.29, 1.82) is 0 Å². The third-order valence-electron chi connectivity index (χ3n) is 7.40. The van der Waals surface area contributed by atoms with E-state index in [1.165, 1.54) is 11.3 Å². The number of halogens is 1. The molecule has 242 valence electrons. The number of Topliss-reactive ketones (excluding diaryl/α,β-unsaturated/α-hetero) is 2. The number of hydrogen-bond donors (Lipinski definition) is 0. The third-order valence-corrected chi connectivity index (χ3v) is 8.97. The number of carbonyl (C=O) groups excluding carboxylic acids is 3. The first kappa shape index (κ1) is 34.4. The number of piperazine rings is 1. The van der Waals surface area contributed by atoms with E-state index in [4.69, 9.17) is 14.2 Å². The number of rotatable bonds is 12. The molecule has 3 aromatic rings. The predicted molar refractivity (Wildman–Crippen MR) is 178 cm³/mol. The minimum Gasteiger partial charge on any atom is -0.497 e. The number of ketones is 2. The molecule has 1 aliphatic heterocycles. The van der Waals surface area contributed by atoms with E-state index in [0.717, 1.165) is 22.6 Å². The lowest BCUT2D eigenvalue weighted by molar-refractivity contribution is -0.122. The van der Waals surface area contributed by atoms with Crippen LogP contribution in [0.5, 0.6) is 11.5 Å². The standard InChI is InChI=1S/C33H41BrN4O6S/c1-7-26(39)28(36-16-18-37(19-17-36)32(41)44-33(2,3)4)29(40)27-30(45-31(34)35-27)38(20-22-8-12-24(42-5)13-9-22)21-23-10-14-25(43-6)15-11-23/h8-15,28H,7,16-21H2,1-6H3. The van der Waals surface area contributed by atoms with Crippen LogP contribution < -0.4 is 14.4 Å². The quantitative estimate of drug-likeness (QED) is 0.161. The number of benzene rings is 2.